The van der Waals surface area contributed by atoms with Gasteiger partial charge in [0.05, 0.1) is 6.21 Å². The van der Waals surface area contributed by atoms with Crippen LogP contribution in [-0.4, -0.2) is 24.9 Å². The number of rotatable bonds is 4. The van der Waals surface area contributed by atoms with Gasteiger partial charge in [0.1, 0.15) is 0 Å². The molecule has 0 unspecified atom stereocenters. The fourth-order valence-corrected chi connectivity index (χ4v) is 0.942. The van der Waals surface area contributed by atoms with Gasteiger partial charge in [0, 0.05) is 5.56 Å². The number of benzene rings is 1. The highest BCUT2D eigenvalue weighted by Crippen LogP contribution is 2.14. The second kappa shape index (κ2) is 5.33. The van der Waals surface area contributed by atoms with Crippen molar-refractivity contribution in [3.8, 4) is 0 Å². The number of amides is 1. The van der Waals surface area contributed by atoms with Crippen molar-refractivity contribution in [1.82, 2.24) is 0 Å². The number of carbonyl (C=O) groups excluding carboxylic acids is 1. The maximum atomic E-state index is 11.7. The maximum Gasteiger partial charge on any atom is 0.425 e. The highest BCUT2D eigenvalue weighted by Gasteiger charge is 2.28. The first kappa shape index (κ1) is 13.0. The van der Waals surface area contributed by atoms with Crippen LogP contribution in [0.2, 0.25) is 0 Å². The number of carbonyl (C=O) groups is 1. The van der Waals surface area contributed by atoms with E-state index in [0.29, 0.717) is 11.1 Å². The minimum atomic E-state index is -4.41. The van der Waals surface area contributed by atoms with E-state index in [1.54, 1.807) is 0 Å². The van der Waals surface area contributed by atoms with Crippen LogP contribution >= 0.6 is 0 Å². The van der Waals surface area contributed by atoms with Crippen molar-refractivity contribution in [3.63, 3.8) is 0 Å². The summed E-state index contributed by atoms with van der Waals surface area (Å²) in [6.07, 6.45) is -3.30. The van der Waals surface area contributed by atoms with Gasteiger partial charge in [-0.1, -0.05) is 17.3 Å². The summed E-state index contributed by atoms with van der Waals surface area (Å²) >= 11 is 0. The summed E-state index contributed by atoms with van der Waals surface area (Å²) in [6, 6.07) is 5.85. The molecule has 0 saturated carbocycles. The molecule has 0 aliphatic carbocycles. The van der Waals surface area contributed by atoms with E-state index >= 15 is 0 Å². The highest BCUT2D eigenvalue weighted by molar-refractivity contribution is 5.93. The number of alkyl halides is 3. The van der Waals surface area contributed by atoms with Crippen molar-refractivity contribution in [3.05, 3.63) is 35.4 Å². The van der Waals surface area contributed by atoms with Crippen molar-refractivity contribution in [2.24, 2.45) is 10.9 Å². The van der Waals surface area contributed by atoms with E-state index in [1.807, 2.05) is 0 Å². The number of hydrogen-bond donors (Lipinski definition) is 1. The summed E-state index contributed by atoms with van der Waals surface area (Å²) in [4.78, 5) is 14.8. The normalized spacial score (nSPS) is 11.7. The largest absolute Gasteiger partial charge is 0.425 e. The van der Waals surface area contributed by atoms with E-state index in [0.717, 1.165) is 6.21 Å². The second-order valence-corrected chi connectivity index (χ2v) is 3.11. The van der Waals surface area contributed by atoms with Gasteiger partial charge in [-0.15, -0.1) is 0 Å². The summed E-state index contributed by atoms with van der Waals surface area (Å²) in [5.41, 5.74) is 5.81. The molecule has 0 bridgehead atoms. The second-order valence-electron chi connectivity index (χ2n) is 3.11. The number of oxime groups is 1. The molecule has 0 aromatic heterocycles. The third-order valence-electron chi connectivity index (χ3n) is 1.70. The van der Waals surface area contributed by atoms with Crippen LogP contribution in [0.15, 0.2) is 29.4 Å². The van der Waals surface area contributed by atoms with Gasteiger partial charge >= 0.3 is 6.18 Å². The average molecular weight is 246 g/mol. The molecule has 1 amide bonds. The van der Waals surface area contributed by atoms with Gasteiger partial charge in [-0.05, 0) is 17.7 Å². The molecular weight excluding hydrogens is 237 g/mol. The summed E-state index contributed by atoms with van der Waals surface area (Å²) in [6.45, 7) is -1.44. The van der Waals surface area contributed by atoms with Crippen molar-refractivity contribution in [1.29, 1.82) is 0 Å². The molecule has 1 aromatic rings. The molecule has 0 aliphatic heterocycles. The SMILES string of the molecule is NC(=O)c1ccc(C=NOCC(F)(F)F)cc1. The van der Waals surface area contributed by atoms with Crippen LogP contribution in [0.25, 0.3) is 0 Å². The highest BCUT2D eigenvalue weighted by atomic mass is 19.4. The quantitative estimate of drug-likeness (QED) is 0.649. The van der Waals surface area contributed by atoms with Crippen LogP contribution in [0.5, 0.6) is 0 Å². The molecule has 4 nitrogen and oxygen atoms in total. The monoisotopic (exact) mass is 246 g/mol. The average Bonchev–Trinajstić information content (AvgIpc) is 2.24. The van der Waals surface area contributed by atoms with Crippen LogP contribution < -0.4 is 5.73 Å². The van der Waals surface area contributed by atoms with Crippen LogP contribution in [0.4, 0.5) is 13.2 Å². The fourth-order valence-electron chi connectivity index (χ4n) is 0.942. The predicted octanol–water partition coefficient (Wildman–Crippen LogP) is 1.70. The number of nitrogens with two attached hydrogens (primary N) is 1. The third-order valence-corrected chi connectivity index (χ3v) is 1.70. The molecule has 0 radical (unpaired) electrons. The molecule has 0 heterocycles. The first-order valence-corrected chi connectivity index (χ1v) is 4.50. The van der Waals surface area contributed by atoms with E-state index in [1.165, 1.54) is 24.3 Å². The molecule has 1 rings (SSSR count). The summed E-state index contributed by atoms with van der Waals surface area (Å²) in [5.74, 6) is -0.582. The maximum absolute atomic E-state index is 11.7. The van der Waals surface area contributed by atoms with Crippen molar-refractivity contribution < 1.29 is 22.8 Å². The fraction of sp³-hybridized carbons (Fsp3) is 0.200. The lowest BCUT2D eigenvalue weighted by Gasteiger charge is -2.02. The van der Waals surface area contributed by atoms with Gasteiger partial charge in [0.15, 0.2) is 0 Å². The predicted molar refractivity (Wildman–Crippen MR) is 54.6 cm³/mol. The van der Waals surface area contributed by atoms with Gasteiger partial charge < -0.3 is 10.6 Å². The molecule has 0 saturated heterocycles. The van der Waals surface area contributed by atoms with Crippen molar-refractivity contribution in [2.75, 3.05) is 6.61 Å². The van der Waals surface area contributed by atoms with Gasteiger partial charge in [0.25, 0.3) is 0 Å². The molecule has 92 valence electrons. The number of primary amides is 1. The Morgan fingerprint density at radius 3 is 2.41 bits per heavy atom. The van der Waals surface area contributed by atoms with Crippen LogP contribution in [-0.2, 0) is 4.84 Å². The molecule has 0 aliphatic rings. The number of nitrogens with zero attached hydrogens (tertiary/aromatic N) is 1. The summed E-state index contributed by atoms with van der Waals surface area (Å²) < 4.78 is 35.0. The standard InChI is InChI=1S/C10H9F3N2O2/c11-10(12,13)6-17-15-5-7-1-3-8(4-2-7)9(14)16/h1-5H,6H2,(H2,14,16). The van der Waals surface area contributed by atoms with Crippen LogP contribution in [0.1, 0.15) is 15.9 Å². The molecular formula is C10H9F3N2O2. The topological polar surface area (TPSA) is 64.7 Å². The minimum absolute atomic E-state index is 0.304. The first-order valence-electron chi connectivity index (χ1n) is 4.50. The van der Waals surface area contributed by atoms with Gasteiger partial charge in [-0.2, -0.15) is 13.2 Å². The molecule has 17 heavy (non-hydrogen) atoms. The Labute approximate surface area is 94.9 Å². The van der Waals surface area contributed by atoms with E-state index < -0.39 is 18.7 Å². The Morgan fingerprint density at radius 1 is 1.35 bits per heavy atom. The van der Waals surface area contributed by atoms with E-state index in [-0.39, 0.29) is 0 Å². The van der Waals surface area contributed by atoms with Gasteiger partial charge in [-0.3, -0.25) is 4.79 Å². The Kier molecular flexibility index (Phi) is 4.08. The van der Waals surface area contributed by atoms with Crippen LogP contribution in [0.3, 0.4) is 0 Å². The Hall–Kier alpha value is -2.05. The van der Waals surface area contributed by atoms with Crippen LogP contribution in [0, 0.1) is 0 Å². The molecule has 2 N–H and O–H groups in total. The number of halogens is 3. The smallest absolute Gasteiger partial charge is 0.386 e. The first-order chi connectivity index (χ1) is 7.88. The molecule has 0 atom stereocenters. The lowest BCUT2D eigenvalue weighted by Crippen LogP contribution is -2.14. The van der Waals surface area contributed by atoms with Gasteiger partial charge in [-0.25, -0.2) is 0 Å². The Bertz CT molecular complexity index is 413. The zero-order valence-electron chi connectivity index (χ0n) is 8.57. The third kappa shape index (κ3) is 5.01. The van der Waals surface area contributed by atoms with E-state index in [4.69, 9.17) is 5.73 Å². The Balaban J connectivity index is 2.52. The lowest BCUT2D eigenvalue weighted by atomic mass is 10.1. The molecule has 0 spiro atoms. The van der Waals surface area contributed by atoms with E-state index in [2.05, 4.69) is 9.99 Å². The minimum Gasteiger partial charge on any atom is -0.386 e. The van der Waals surface area contributed by atoms with Crippen molar-refractivity contribution in [2.45, 2.75) is 6.18 Å². The molecule has 7 heteroatoms. The molecule has 0 fully saturated rings. The number of hydrogen-bond acceptors (Lipinski definition) is 3. The zero-order valence-corrected chi connectivity index (χ0v) is 8.57. The van der Waals surface area contributed by atoms with Gasteiger partial charge in [0.2, 0.25) is 12.5 Å². The lowest BCUT2D eigenvalue weighted by molar-refractivity contribution is -0.173. The zero-order chi connectivity index (χ0) is 12.9. The van der Waals surface area contributed by atoms with E-state index in [9.17, 15) is 18.0 Å². The molecule has 1 aromatic carbocycles. The summed E-state index contributed by atoms with van der Waals surface area (Å²) in [5, 5.41) is 3.14. The van der Waals surface area contributed by atoms with Crippen molar-refractivity contribution >= 4 is 12.1 Å². The Morgan fingerprint density at radius 2 is 1.94 bits per heavy atom. The summed E-state index contributed by atoms with van der Waals surface area (Å²) in [7, 11) is 0.